The number of hydrogen-bond donors (Lipinski definition) is 0. The van der Waals surface area contributed by atoms with Crippen molar-refractivity contribution in [2.24, 2.45) is 5.92 Å². The molecule has 0 radical (unpaired) electrons. The molecule has 0 saturated carbocycles. The quantitative estimate of drug-likeness (QED) is 0.566. The van der Waals surface area contributed by atoms with Crippen LogP contribution in [0.4, 0.5) is 0 Å². The van der Waals surface area contributed by atoms with E-state index in [-0.39, 0.29) is 0 Å². The fourth-order valence-corrected chi connectivity index (χ4v) is 1.67. The fourth-order valence-electron chi connectivity index (χ4n) is 1.11. The number of allylic oxidation sites excluding steroid dienone is 1. The van der Waals surface area contributed by atoms with Gasteiger partial charge >= 0.3 is 0 Å². The molecule has 1 aliphatic carbocycles. The normalized spacial score (nSPS) is 22.7. The standard InChI is InChI=1S/C7H8N2S/c1-5-2-3-6-7(4-5)9-10-8-6/h2-3,5H,4H2,1H3. The van der Waals surface area contributed by atoms with Gasteiger partial charge in [-0.15, -0.1) is 0 Å². The second-order valence-electron chi connectivity index (χ2n) is 2.64. The molecule has 0 aromatic carbocycles. The van der Waals surface area contributed by atoms with Crippen LogP contribution in [0.25, 0.3) is 6.08 Å². The SMILES string of the molecule is CC1C=Cc2nsnc2C1. The number of fused-ring (bicyclic) bond motifs is 1. The molecule has 1 aromatic heterocycles. The first-order valence-corrected chi connectivity index (χ1v) is 4.09. The first kappa shape index (κ1) is 6.04. The van der Waals surface area contributed by atoms with Gasteiger partial charge in [0.25, 0.3) is 0 Å². The van der Waals surface area contributed by atoms with E-state index in [9.17, 15) is 0 Å². The Balaban J connectivity index is 2.43. The third-order valence-corrected chi connectivity index (χ3v) is 2.26. The smallest absolute Gasteiger partial charge is 0.0998 e. The molecule has 0 spiro atoms. The van der Waals surface area contributed by atoms with Gasteiger partial charge in [-0.25, -0.2) is 0 Å². The highest BCUT2D eigenvalue weighted by atomic mass is 32.1. The average molecular weight is 152 g/mol. The molecule has 0 fully saturated rings. The maximum atomic E-state index is 4.19. The lowest BCUT2D eigenvalue weighted by Crippen LogP contribution is -2.02. The van der Waals surface area contributed by atoms with Gasteiger partial charge in [0.1, 0.15) is 0 Å². The van der Waals surface area contributed by atoms with Crippen molar-refractivity contribution in [3.8, 4) is 0 Å². The van der Waals surface area contributed by atoms with Gasteiger partial charge in [-0.3, -0.25) is 0 Å². The zero-order valence-electron chi connectivity index (χ0n) is 5.74. The summed E-state index contributed by atoms with van der Waals surface area (Å²) in [6, 6.07) is 0. The molecule has 0 aliphatic heterocycles. The summed E-state index contributed by atoms with van der Waals surface area (Å²) in [4.78, 5) is 0. The van der Waals surface area contributed by atoms with Crippen LogP contribution in [0.3, 0.4) is 0 Å². The van der Waals surface area contributed by atoms with E-state index in [1.54, 1.807) is 0 Å². The molecule has 0 saturated heterocycles. The van der Waals surface area contributed by atoms with E-state index in [0.717, 1.165) is 12.1 Å². The Morgan fingerprint density at radius 2 is 2.50 bits per heavy atom. The van der Waals surface area contributed by atoms with Crippen LogP contribution >= 0.6 is 11.7 Å². The zero-order valence-corrected chi connectivity index (χ0v) is 6.56. The molecule has 10 heavy (non-hydrogen) atoms. The van der Waals surface area contributed by atoms with Crippen molar-refractivity contribution in [3.63, 3.8) is 0 Å². The van der Waals surface area contributed by atoms with Crippen LogP contribution in [0.2, 0.25) is 0 Å². The van der Waals surface area contributed by atoms with Crippen LogP contribution in [-0.2, 0) is 6.42 Å². The maximum absolute atomic E-state index is 4.19. The maximum Gasteiger partial charge on any atom is 0.0998 e. The van der Waals surface area contributed by atoms with Gasteiger partial charge in [-0.2, -0.15) is 8.75 Å². The molecule has 0 amide bonds. The van der Waals surface area contributed by atoms with Crippen LogP contribution in [-0.4, -0.2) is 8.75 Å². The Morgan fingerprint density at radius 1 is 1.60 bits per heavy atom. The highest BCUT2D eigenvalue weighted by Crippen LogP contribution is 2.19. The number of hydrogen-bond acceptors (Lipinski definition) is 3. The Morgan fingerprint density at radius 3 is 3.40 bits per heavy atom. The molecule has 2 nitrogen and oxygen atoms in total. The van der Waals surface area contributed by atoms with E-state index in [4.69, 9.17) is 0 Å². The van der Waals surface area contributed by atoms with Gasteiger partial charge in [0.2, 0.25) is 0 Å². The monoisotopic (exact) mass is 152 g/mol. The summed E-state index contributed by atoms with van der Waals surface area (Å²) in [5.41, 5.74) is 2.24. The minimum absolute atomic E-state index is 0.636. The lowest BCUT2D eigenvalue weighted by molar-refractivity contribution is 0.704. The summed E-state index contributed by atoms with van der Waals surface area (Å²) >= 11 is 1.31. The van der Waals surface area contributed by atoms with Gasteiger partial charge in [-0.05, 0) is 18.4 Å². The van der Waals surface area contributed by atoms with E-state index in [2.05, 4.69) is 27.8 Å². The Kier molecular flexibility index (Phi) is 1.31. The Hall–Kier alpha value is -0.700. The van der Waals surface area contributed by atoms with Gasteiger partial charge < -0.3 is 0 Å². The second kappa shape index (κ2) is 2.16. The van der Waals surface area contributed by atoms with E-state index >= 15 is 0 Å². The lowest BCUT2D eigenvalue weighted by Gasteiger charge is -2.07. The Labute approximate surface area is 63.9 Å². The molecular formula is C7H8N2S. The summed E-state index contributed by atoms with van der Waals surface area (Å²) < 4.78 is 8.32. The van der Waals surface area contributed by atoms with Crippen LogP contribution in [0.15, 0.2) is 6.08 Å². The molecule has 2 rings (SSSR count). The molecule has 0 bridgehead atoms. The fraction of sp³-hybridized carbons (Fsp3) is 0.429. The molecule has 1 aliphatic rings. The summed E-state index contributed by atoms with van der Waals surface area (Å²) in [7, 11) is 0. The molecule has 1 atom stereocenters. The average Bonchev–Trinajstić information content (AvgIpc) is 2.33. The summed E-state index contributed by atoms with van der Waals surface area (Å²) in [5, 5.41) is 0. The summed E-state index contributed by atoms with van der Waals surface area (Å²) in [5.74, 6) is 0.636. The van der Waals surface area contributed by atoms with Gasteiger partial charge in [0, 0.05) is 0 Å². The van der Waals surface area contributed by atoms with E-state index in [1.807, 2.05) is 0 Å². The van der Waals surface area contributed by atoms with Crippen molar-refractivity contribution in [2.45, 2.75) is 13.3 Å². The minimum Gasteiger partial charge on any atom is -0.177 e. The summed E-state index contributed by atoms with van der Waals surface area (Å²) in [6.07, 6.45) is 5.30. The van der Waals surface area contributed by atoms with Crippen molar-refractivity contribution in [1.29, 1.82) is 0 Å². The molecule has 0 N–H and O–H groups in total. The van der Waals surface area contributed by atoms with Crippen molar-refractivity contribution in [1.82, 2.24) is 8.75 Å². The largest absolute Gasteiger partial charge is 0.177 e. The summed E-state index contributed by atoms with van der Waals surface area (Å²) in [6.45, 7) is 2.19. The third kappa shape index (κ3) is 0.865. The molecule has 1 heterocycles. The predicted octanol–water partition coefficient (Wildman–Crippen LogP) is 1.74. The van der Waals surface area contributed by atoms with Crippen molar-refractivity contribution in [3.05, 3.63) is 17.5 Å². The first-order valence-electron chi connectivity index (χ1n) is 3.36. The van der Waals surface area contributed by atoms with Gasteiger partial charge in [0.05, 0.1) is 23.1 Å². The first-order chi connectivity index (χ1) is 4.86. The minimum atomic E-state index is 0.636. The van der Waals surface area contributed by atoms with Crippen molar-refractivity contribution < 1.29 is 0 Å². The molecule has 1 aromatic rings. The van der Waals surface area contributed by atoms with Crippen molar-refractivity contribution in [2.75, 3.05) is 0 Å². The van der Waals surface area contributed by atoms with Gasteiger partial charge in [-0.1, -0.05) is 13.0 Å². The van der Waals surface area contributed by atoms with Crippen LogP contribution < -0.4 is 0 Å². The molecule has 52 valence electrons. The number of aromatic nitrogens is 2. The zero-order chi connectivity index (χ0) is 6.97. The van der Waals surface area contributed by atoms with Crippen LogP contribution in [0.5, 0.6) is 0 Å². The second-order valence-corrected chi connectivity index (χ2v) is 3.17. The number of nitrogens with zero attached hydrogens (tertiary/aromatic N) is 2. The molecular weight excluding hydrogens is 144 g/mol. The molecule has 1 unspecified atom stereocenters. The van der Waals surface area contributed by atoms with Crippen molar-refractivity contribution >= 4 is 17.8 Å². The highest BCUT2D eigenvalue weighted by Gasteiger charge is 2.12. The predicted molar refractivity (Wildman–Crippen MR) is 41.8 cm³/mol. The Bertz CT molecular complexity index is 264. The van der Waals surface area contributed by atoms with Gasteiger partial charge in [0.15, 0.2) is 0 Å². The van der Waals surface area contributed by atoms with Crippen LogP contribution in [0.1, 0.15) is 18.3 Å². The van der Waals surface area contributed by atoms with E-state index in [0.29, 0.717) is 5.92 Å². The highest BCUT2D eigenvalue weighted by molar-refractivity contribution is 6.99. The lowest BCUT2D eigenvalue weighted by atomic mass is 9.99. The third-order valence-electron chi connectivity index (χ3n) is 1.68. The molecule has 3 heteroatoms. The van der Waals surface area contributed by atoms with Crippen LogP contribution in [0, 0.1) is 5.92 Å². The van der Waals surface area contributed by atoms with E-state index < -0.39 is 0 Å². The van der Waals surface area contributed by atoms with E-state index in [1.165, 1.54) is 17.4 Å². The number of rotatable bonds is 0. The topological polar surface area (TPSA) is 25.8 Å².